The lowest BCUT2D eigenvalue weighted by Crippen LogP contribution is -2.08. The first-order valence-electron chi connectivity index (χ1n) is 5.93. The molecule has 2 aromatic rings. The quantitative estimate of drug-likeness (QED) is 0.890. The van der Waals surface area contributed by atoms with Gasteiger partial charge in [0.05, 0.1) is 27.4 Å². The van der Waals surface area contributed by atoms with Gasteiger partial charge in [-0.05, 0) is 48.0 Å². The minimum absolute atomic E-state index is 0.115. The number of anilines is 1. The van der Waals surface area contributed by atoms with Crippen LogP contribution in [0.2, 0.25) is 5.02 Å². The van der Waals surface area contributed by atoms with Crippen LogP contribution in [0, 0.1) is 12.7 Å². The van der Waals surface area contributed by atoms with Crippen LogP contribution in [0.4, 0.5) is 10.1 Å². The molecule has 1 N–H and O–H groups in total. The number of benzene rings is 1. The summed E-state index contributed by atoms with van der Waals surface area (Å²) in [6.45, 7) is 5.39. The Hall–Kier alpha value is -1.07. The van der Waals surface area contributed by atoms with Gasteiger partial charge in [0.1, 0.15) is 5.82 Å². The molecule has 0 radical (unpaired) electrons. The number of hydrogen-bond acceptors (Lipinski definition) is 2. The Balaban J connectivity index is 2.16. The van der Waals surface area contributed by atoms with E-state index in [4.69, 9.17) is 11.6 Å². The third-order valence-electron chi connectivity index (χ3n) is 2.83. The second-order valence-electron chi connectivity index (χ2n) is 4.14. The molecule has 0 unspecified atom stereocenters. The van der Waals surface area contributed by atoms with Crippen LogP contribution in [0.5, 0.6) is 0 Å². The van der Waals surface area contributed by atoms with Crippen molar-refractivity contribution in [2.75, 3.05) is 5.32 Å². The van der Waals surface area contributed by atoms with Gasteiger partial charge in [0.25, 0.3) is 0 Å². The first-order valence-corrected chi connectivity index (χ1v) is 7.10. The van der Waals surface area contributed by atoms with E-state index in [1.165, 1.54) is 6.07 Å². The maximum absolute atomic E-state index is 13.1. The van der Waals surface area contributed by atoms with Crippen LogP contribution in [-0.4, -0.2) is 9.78 Å². The molecule has 2 rings (SSSR count). The highest BCUT2D eigenvalue weighted by Gasteiger charge is 2.11. The summed E-state index contributed by atoms with van der Waals surface area (Å²) in [5.41, 5.74) is 2.79. The zero-order chi connectivity index (χ0) is 14.0. The second-order valence-corrected chi connectivity index (χ2v) is 5.34. The van der Waals surface area contributed by atoms with Crippen molar-refractivity contribution in [1.29, 1.82) is 0 Å². The fraction of sp³-hybridized carbons (Fsp3) is 0.308. The molecule has 102 valence electrons. The van der Waals surface area contributed by atoms with Crippen molar-refractivity contribution in [2.45, 2.75) is 26.9 Å². The lowest BCUT2D eigenvalue weighted by Gasteiger charge is -2.09. The zero-order valence-corrected chi connectivity index (χ0v) is 13.0. The molecule has 0 aliphatic rings. The molecule has 1 aromatic carbocycles. The molecule has 6 heteroatoms. The van der Waals surface area contributed by atoms with Crippen molar-refractivity contribution in [3.63, 3.8) is 0 Å². The van der Waals surface area contributed by atoms with Crippen molar-refractivity contribution in [1.82, 2.24) is 9.78 Å². The van der Waals surface area contributed by atoms with E-state index in [0.717, 1.165) is 28.1 Å². The van der Waals surface area contributed by atoms with Gasteiger partial charge in [0.2, 0.25) is 0 Å². The molecule has 3 nitrogen and oxygen atoms in total. The molecule has 1 heterocycles. The normalized spacial score (nSPS) is 10.8. The molecular formula is C13H14BrClFN3. The van der Waals surface area contributed by atoms with E-state index in [9.17, 15) is 4.39 Å². The van der Waals surface area contributed by atoms with Crippen molar-refractivity contribution < 1.29 is 4.39 Å². The summed E-state index contributed by atoms with van der Waals surface area (Å²) >= 11 is 9.28. The molecule has 19 heavy (non-hydrogen) atoms. The van der Waals surface area contributed by atoms with Crippen LogP contribution in [-0.2, 0) is 13.1 Å². The van der Waals surface area contributed by atoms with Crippen molar-refractivity contribution >= 4 is 33.2 Å². The summed E-state index contributed by atoms with van der Waals surface area (Å²) in [6.07, 6.45) is 0. The monoisotopic (exact) mass is 345 g/mol. The summed E-state index contributed by atoms with van der Waals surface area (Å²) in [6, 6.07) is 4.58. The summed E-state index contributed by atoms with van der Waals surface area (Å²) in [5.74, 6) is -0.414. The number of nitrogens with one attached hydrogen (secondary N) is 1. The van der Waals surface area contributed by atoms with E-state index in [0.29, 0.717) is 6.54 Å². The smallest absolute Gasteiger partial charge is 0.141 e. The number of nitrogens with zero attached hydrogens (tertiary/aromatic N) is 2. The fourth-order valence-electron chi connectivity index (χ4n) is 1.83. The van der Waals surface area contributed by atoms with E-state index in [-0.39, 0.29) is 5.02 Å². The maximum Gasteiger partial charge on any atom is 0.141 e. The standard InChI is InChI=1S/C13H14BrClFN3/c1-3-19-12(13(14)8(2)18-19)7-17-9-4-5-11(16)10(15)6-9/h4-6,17H,3,7H2,1-2H3. The Kier molecular flexibility index (Phi) is 4.47. The third kappa shape index (κ3) is 3.09. The molecule has 0 aliphatic heterocycles. The minimum Gasteiger partial charge on any atom is -0.379 e. The van der Waals surface area contributed by atoms with Gasteiger partial charge in [-0.1, -0.05) is 11.6 Å². The molecule has 0 amide bonds. The first kappa shape index (κ1) is 14.3. The van der Waals surface area contributed by atoms with E-state index >= 15 is 0 Å². The molecule has 0 bridgehead atoms. The van der Waals surface area contributed by atoms with Crippen LogP contribution in [0.1, 0.15) is 18.3 Å². The van der Waals surface area contributed by atoms with Crippen molar-refractivity contribution in [3.8, 4) is 0 Å². The molecule has 0 aliphatic carbocycles. The number of aromatic nitrogens is 2. The number of aryl methyl sites for hydroxylation is 2. The third-order valence-corrected chi connectivity index (χ3v) is 4.15. The summed E-state index contributed by atoms with van der Waals surface area (Å²) in [5, 5.41) is 7.75. The van der Waals surface area contributed by atoms with Gasteiger partial charge in [-0.2, -0.15) is 5.10 Å². The summed E-state index contributed by atoms with van der Waals surface area (Å²) in [7, 11) is 0. The predicted octanol–water partition coefficient (Wildman–Crippen LogP) is 4.38. The minimum atomic E-state index is -0.414. The second kappa shape index (κ2) is 5.92. The number of rotatable bonds is 4. The number of hydrogen-bond donors (Lipinski definition) is 1. The average molecular weight is 347 g/mol. The van der Waals surface area contributed by atoms with Gasteiger partial charge in [-0.15, -0.1) is 0 Å². The molecule has 0 fully saturated rings. The molecular weight excluding hydrogens is 333 g/mol. The molecule has 0 spiro atoms. The largest absolute Gasteiger partial charge is 0.379 e. The van der Waals surface area contributed by atoms with Crippen molar-refractivity contribution in [2.24, 2.45) is 0 Å². The van der Waals surface area contributed by atoms with Crippen LogP contribution >= 0.6 is 27.5 Å². The lowest BCUT2D eigenvalue weighted by molar-refractivity contribution is 0.621. The lowest BCUT2D eigenvalue weighted by atomic mass is 10.3. The molecule has 0 saturated carbocycles. The summed E-state index contributed by atoms with van der Waals surface area (Å²) < 4.78 is 16.0. The highest BCUT2D eigenvalue weighted by molar-refractivity contribution is 9.10. The Bertz CT molecular complexity index is 598. The van der Waals surface area contributed by atoms with E-state index in [2.05, 4.69) is 26.3 Å². The van der Waals surface area contributed by atoms with Gasteiger partial charge < -0.3 is 5.32 Å². The average Bonchev–Trinajstić information content (AvgIpc) is 2.67. The fourth-order valence-corrected chi connectivity index (χ4v) is 2.43. The molecule has 1 aromatic heterocycles. The van der Waals surface area contributed by atoms with Crippen LogP contribution in [0.25, 0.3) is 0 Å². The highest BCUT2D eigenvalue weighted by atomic mass is 79.9. The van der Waals surface area contributed by atoms with Crippen LogP contribution in [0.15, 0.2) is 22.7 Å². The Morgan fingerprint density at radius 3 is 2.84 bits per heavy atom. The van der Waals surface area contributed by atoms with Gasteiger partial charge in [0, 0.05) is 12.2 Å². The Morgan fingerprint density at radius 2 is 2.21 bits per heavy atom. The zero-order valence-electron chi connectivity index (χ0n) is 10.7. The van der Waals surface area contributed by atoms with E-state index in [1.54, 1.807) is 12.1 Å². The Labute approximate surface area is 124 Å². The van der Waals surface area contributed by atoms with E-state index < -0.39 is 5.82 Å². The van der Waals surface area contributed by atoms with Crippen LogP contribution in [0.3, 0.4) is 0 Å². The van der Waals surface area contributed by atoms with Gasteiger partial charge in [0.15, 0.2) is 0 Å². The molecule has 0 saturated heterocycles. The SMILES string of the molecule is CCn1nc(C)c(Br)c1CNc1ccc(F)c(Cl)c1. The van der Waals surface area contributed by atoms with E-state index in [1.807, 2.05) is 18.5 Å². The van der Waals surface area contributed by atoms with Crippen molar-refractivity contribution in [3.05, 3.63) is 44.9 Å². The topological polar surface area (TPSA) is 29.9 Å². The van der Waals surface area contributed by atoms with Gasteiger partial charge in [-0.25, -0.2) is 4.39 Å². The van der Waals surface area contributed by atoms with Gasteiger partial charge >= 0.3 is 0 Å². The predicted molar refractivity (Wildman–Crippen MR) is 79.1 cm³/mol. The van der Waals surface area contributed by atoms with Gasteiger partial charge in [-0.3, -0.25) is 4.68 Å². The number of halogens is 3. The maximum atomic E-state index is 13.1. The van der Waals surface area contributed by atoms with Crippen LogP contribution < -0.4 is 5.32 Å². The molecule has 0 atom stereocenters. The summed E-state index contributed by atoms with van der Waals surface area (Å²) in [4.78, 5) is 0. The first-order chi connectivity index (χ1) is 9.02. The Morgan fingerprint density at radius 1 is 1.47 bits per heavy atom. The highest BCUT2D eigenvalue weighted by Crippen LogP contribution is 2.23.